The quantitative estimate of drug-likeness (QED) is 0.572. The Morgan fingerprint density at radius 2 is 1.64 bits per heavy atom. The van der Waals surface area contributed by atoms with E-state index in [4.69, 9.17) is 11.6 Å². The zero-order valence-corrected chi connectivity index (χ0v) is 20.3. The van der Waals surface area contributed by atoms with Gasteiger partial charge in [0.15, 0.2) is 5.78 Å². The van der Waals surface area contributed by atoms with E-state index < -0.39 is 10.0 Å². The van der Waals surface area contributed by atoms with Gasteiger partial charge in [-0.15, -0.1) is 0 Å². The van der Waals surface area contributed by atoms with Gasteiger partial charge < -0.3 is 4.90 Å². The molecule has 2 aliphatic rings. The van der Waals surface area contributed by atoms with E-state index in [1.54, 1.807) is 0 Å². The Morgan fingerprint density at radius 3 is 2.27 bits per heavy atom. The largest absolute Gasteiger partial charge is 0.339 e. The maximum Gasteiger partial charge on any atom is 0.243 e. The highest BCUT2D eigenvalue weighted by atomic mass is 35.5. The van der Waals surface area contributed by atoms with Gasteiger partial charge in [0.2, 0.25) is 15.9 Å². The highest BCUT2D eigenvalue weighted by Gasteiger charge is 2.37. The van der Waals surface area contributed by atoms with E-state index in [9.17, 15) is 18.0 Å². The molecule has 176 valence electrons. The summed E-state index contributed by atoms with van der Waals surface area (Å²) in [6.07, 6.45) is 3.71. The Morgan fingerprint density at radius 1 is 0.970 bits per heavy atom. The zero-order valence-electron chi connectivity index (χ0n) is 18.7. The van der Waals surface area contributed by atoms with Gasteiger partial charge in [-0.2, -0.15) is 4.31 Å². The molecule has 2 aromatic carbocycles. The van der Waals surface area contributed by atoms with Gasteiger partial charge in [0.1, 0.15) is 0 Å². The summed E-state index contributed by atoms with van der Waals surface area (Å²) in [7, 11) is -3.65. The van der Waals surface area contributed by atoms with E-state index in [0.717, 1.165) is 36.4 Å². The summed E-state index contributed by atoms with van der Waals surface area (Å²) < 4.78 is 27.5. The first kappa shape index (κ1) is 23.9. The van der Waals surface area contributed by atoms with Crippen LogP contribution < -0.4 is 0 Å². The average molecular weight is 489 g/mol. The molecule has 0 aromatic heterocycles. The third kappa shape index (κ3) is 5.15. The predicted octanol–water partition coefficient (Wildman–Crippen LogP) is 4.18. The number of piperidine rings is 1. The van der Waals surface area contributed by atoms with Crippen molar-refractivity contribution in [2.24, 2.45) is 5.92 Å². The van der Waals surface area contributed by atoms with E-state index in [-0.39, 0.29) is 28.5 Å². The average Bonchev–Trinajstić information content (AvgIpc) is 3.28. The molecule has 33 heavy (non-hydrogen) atoms. The fourth-order valence-corrected chi connectivity index (χ4v) is 6.53. The monoisotopic (exact) mass is 488 g/mol. The summed E-state index contributed by atoms with van der Waals surface area (Å²) in [6, 6.07) is 13.9. The second-order valence-corrected chi connectivity index (χ2v) is 11.2. The van der Waals surface area contributed by atoms with Crippen molar-refractivity contribution in [3.05, 3.63) is 64.7 Å². The molecule has 2 aliphatic heterocycles. The van der Waals surface area contributed by atoms with Gasteiger partial charge >= 0.3 is 0 Å². The second kappa shape index (κ2) is 9.95. The molecule has 4 rings (SSSR count). The van der Waals surface area contributed by atoms with Gasteiger partial charge in [-0.1, -0.05) is 41.9 Å². The molecule has 1 unspecified atom stereocenters. The number of carbonyl (C=O) groups is 2. The van der Waals surface area contributed by atoms with Crippen LogP contribution in [0.1, 0.15) is 48.5 Å². The number of Topliss-reactive ketones (excluding diaryl/α,β-unsaturated/α-hetero) is 1. The standard InChI is InChI=1S/C25H29ClN2O4S/c1-18(29)19-8-10-23(11-9-19)33(31,32)27-15-12-20(13-16-27)25(30)28-14-4-6-22(28)17-21-5-2-3-7-24(21)26/h2-3,5,7-11,20,22H,4,6,12-17H2,1H3. The lowest BCUT2D eigenvalue weighted by Gasteiger charge is -2.34. The summed E-state index contributed by atoms with van der Waals surface area (Å²) in [5, 5.41) is 0.728. The van der Waals surface area contributed by atoms with Crippen molar-refractivity contribution in [2.45, 2.75) is 50.0 Å². The maximum absolute atomic E-state index is 13.3. The number of rotatable bonds is 6. The van der Waals surface area contributed by atoms with Gasteiger partial charge in [-0.05, 0) is 62.8 Å². The number of benzene rings is 2. The van der Waals surface area contributed by atoms with Crippen LogP contribution in [0.5, 0.6) is 0 Å². The predicted molar refractivity (Wildman–Crippen MR) is 128 cm³/mol. The van der Waals surface area contributed by atoms with Crippen molar-refractivity contribution in [3.63, 3.8) is 0 Å². The SMILES string of the molecule is CC(=O)c1ccc(S(=O)(=O)N2CCC(C(=O)N3CCCC3Cc3ccccc3Cl)CC2)cc1. The van der Waals surface area contributed by atoms with Crippen LogP contribution in [0.25, 0.3) is 0 Å². The fourth-order valence-electron chi connectivity index (χ4n) is 4.84. The fraction of sp³-hybridized carbons (Fsp3) is 0.440. The lowest BCUT2D eigenvalue weighted by molar-refractivity contribution is -0.137. The molecule has 0 N–H and O–H groups in total. The molecule has 2 heterocycles. The second-order valence-electron chi connectivity index (χ2n) is 8.88. The molecule has 0 radical (unpaired) electrons. The Kier molecular flexibility index (Phi) is 7.22. The Labute approximate surface area is 200 Å². The number of likely N-dealkylation sites (tertiary alicyclic amines) is 1. The van der Waals surface area contributed by atoms with Crippen LogP contribution in [-0.4, -0.2) is 55.0 Å². The number of ketones is 1. The van der Waals surface area contributed by atoms with Gasteiger partial charge in [-0.3, -0.25) is 9.59 Å². The van der Waals surface area contributed by atoms with E-state index in [1.165, 1.54) is 35.5 Å². The number of halogens is 1. The molecular formula is C25H29ClN2O4S. The first-order chi connectivity index (χ1) is 15.8. The van der Waals surface area contributed by atoms with Crippen molar-refractivity contribution in [1.82, 2.24) is 9.21 Å². The Bertz CT molecular complexity index is 1130. The molecular weight excluding hydrogens is 460 g/mol. The van der Waals surface area contributed by atoms with E-state index >= 15 is 0 Å². The van der Waals surface area contributed by atoms with Crippen LogP contribution in [0.4, 0.5) is 0 Å². The smallest absolute Gasteiger partial charge is 0.243 e. The lowest BCUT2D eigenvalue weighted by atomic mass is 9.95. The number of hydrogen-bond donors (Lipinski definition) is 0. The van der Waals surface area contributed by atoms with Crippen LogP contribution in [0, 0.1) is 5.92 Å². The number of hydrogen-bond acceptors (Lipinski definition) is 4. The third-order valence-corrected chi connectivity index (χ3v) is 9.06. The first-order valence-electron chi connectivity index (χ1n) is 11.4. The van der Waals surface area contributed by atoms with Crippen molar-refractivity contribution < 1.29 is 18.0 Å². The topological polar surface area (TPSA) is 74.8 Å². The minimum atomic E-state index is -3.65. The van der Waals surface area contributed by atoms with Gasteiger partial charge in [-0.25, -0.2) is 8.42 Å². The molecule has 1 amide bonds. The molecule has 8 heteroatoms. The van der Waals surface area contributed by atoms with Gasteiger partial charge in [0, 0.05) is 42.2 Å². The molecule has 2 fully saturated rings. The molecule has 1 atom stereocenters. The van der Waals surface area contributed by atoms with Crippen molar-refractivity contribution in [2.75, 3.05) is 19.6 Å². The summed E-state index contributed by atoms with van der Waals surface area (Å²) in [4.78, 5) is 26.9. The minimum absolute atomic E-state index is 0.104. The minimum Gasteiger partial charge on any atom is -0.339 e. The normalized spacial score (nSPS) is 20.2. The lowest BCUT2D eigenvalue weighted by Crippen LogP contribution is -2.46. The third-order valence-electron chi connectivity index (χ3n) is 6.78. The van der Waals surface area contributed by atoms with Gasteiger partial charge in [0.25, 0.3) is 0 Å². The number of amides is 1. The summed E-state index contributed by atoms with van der Waals surface area (Å²) in [5.74, 6) is -0.135. The van der Waals surface area contributed by atoms with Crippen LogP contribution in [0.15, 0.2) is 53.4 Å². The Hall–Kier alpha value is -2.22. The number of sulfonamides is 1. The molecule has 6 nitrogen and oxygen atoms in total. The number of carbonyl (C=O) groups excluding carboxylic acids is 2. The van der Waals surface area contributed by atoms with Crippen molar-refractivity contribution >= 4 is 33.3 Å². The molecule has 0 saturated carbocycles. The van der Waals surface area contributed by atoms with Crippen LogP contribution in [0.3, 0.4) is 0 Å². The molecule has 2 saturated heterocycles. The molecule has 0 spiro atoms. The van der Waals surface area contributed by atoms with E-state index in [2.05, 4.69) is 0 Å². The van der Waals surface area contributed by atoms with Crippen molar-refractivity contribution in [3.8, 4) is 0 Å². The number of nitrogens with zero attached hydrogens (tertiary/aromatic N) is 2. The zero-order chi connectivity index (χ0) is 23.6. The first-order valence-corrected chi connectivity index (χ1v) is 13.2. The molecule has 0 aliphatic carbocycles. The molecule has 2 aromatic rings. The highest BCUT2D eigenvalue weighted by molar-refractivity contribution is 7.89. The van der Waals surface area contributed by atoms with Crippen molar-refractivity contribution in [1.29, 1.82) is 0 Å². The van der Waals surface area contributed by atoms with Gasteiger partial charge in [0.05, 0.1) is 4.90 Å². The van der Waals surface area contributed by atoms with E-state index in [0.29, 0.717) is 31.5 Å². The highest BCUT2D eigenvalue weighted by Crippen LogP contribution is 2.30. The maximum atomic E-state index is 13.3. The van der Waals surface area contributed by atoms with Crippen LogP contribution in [-0.2, 0) is 21.2 Å². The van der Waals surface area contributed by atoms with E-state index in [1.807, 2.05) is 29.2 Å². The molecule has 0 bridgehead atoms. The van der Waals surface area contributed by atoms with Crippen LogP contribution in [0.2, 0.25) is 5.02 Å². The Balaban J connectivity index is 1.38. The summed E-state index contributed by atoms with van der Waals surface area (Å²) >= 11 is 6.33. The summed E-state index contributed by atoms with van der Waals surface area (Å²) in [6.45, 7) is 2.83. The summed E-state index contributed by atoms with van der Waals surface area (Å²) in [5.41, 5.74) is 1.54. The van der Waals surface area contributed by atoms with Crippen LogP contribution >= 0.6 is 11.6 Å².